The summed E-state index contributed by atoms with van der Waals surface area (Å²) in [6.45, 7) is 0.314. The van der Waals surface area contributed by atoms with Gasteiger partial charge in [-0.15, -0.1) is 0 Å². The van der Waals surface area contributed by atoms with Crippen LogP contribution in [0.5, 0.6) is 5.75 Å². The van der Waals surface area contributed by atoms with E-state index in [0.29, 0.717) is 17.9 Å². The van der Waals surface area contributed by atoms with Gasteiger partial charge >= 0.3 is 5.97 Å². The maximum atomic E-state index is 10.4. The standard InChI is InChI=1S/C17H13NO3/c18-11-14-3-1-2-4-15(14)12-21-16-8-5-13(6-9-16)7-10-17(19)20/h1-10H,12H2,(H,19,20)/b10-7-. The van der Waals surface area contributed by atoms with E-state index in [1.54, 1.807) is 30.3 Å². The third kappa shape index (κ3) is 4.22. The minimum absolute atomic E-state index is 0.314. The zero-order chi connectivity index (χ0) is 15.1. The van der Waals surface area contributed by atoms with Crippen molar-refractivity contribution < 1.29 is 14.6 Å². The number of benzene rings is 2. The number of carbonyl (C=O) groups is 1. The molecule has 0 aromatic heterocycles. The molecule has 0 aliphatic carbocycles. The number of hydrogen-bond donors (Lipinski definition) is 1. The molecule has 0 aliphatic heterocycles. The molecular formula is C17H13NO3. The van der Waals surface area contributed by atoms with Gasteiger partial charge in [0, 0.05) is 11.6 Å². The Balaban J connectivity index is 2.01. The third-order valence-electron chi connectivity index (χ3n) is 2.83. The molecule has 2 aromatic rings. The number of rotatable bonds is 5. The second-order valence-corrected chi connectivity index (χ2v) is 4.30. The Morgan fingerprint density at radius 3 is 2.57 bits per heavy atom. The molecule has 0 heterocycles. The molecule has 104 valence electrons. The Bertz CT molecular complexity index is 697. The van der Waals surface area contributed by atoms with Crippen LogP contribution in [0.2, 0.25) is 0 Å². The predicted molar refractivity (Wildman–Crippen MR) is 78.6 cm³/mol. The second kappa shape index (κ2) is 6.92. The van der Waals surface area contributed by atoms with E-state index in [2.05, 4.69) is 6.07 Å². The summed E-state index contributed by atoms with van der Waals surface area (Å²) in [5.41, 5.74) is 2.20. The Labute approximate surface area is 122 Å². The third-order valence-corrected chi connectivity index (χ3v) is 2.83. The van der Waals surface area contributed by atoms with Crippen LogP contribution in [0.4, 0.5) is 0 Å². The van der Waals surface area contributed by atoms with E-state index in [9.17, 15) is 4.79 Å². The summed E-state index contributed by atoms with van der Waals surface area (Å²) in [6.07, 6.45) is 2.59. The van der Waals surface area contributed by atoms with Gasteiger partial charge in [-0.1, -0.05) is 30.3 Å². The molecule has 2 rings (SSSR count). The number of aliphatic carboxylic acids is 1. The summed E-state index contributed by atoms with van der Waals surface area (Å²) >= 11 is 0. The van der Waals surface area contributed by atoms with Crippen LogP contribution >= 0.6 is 0 Å². The van der Waals surface area contributed by atoms with Crippen molar-refractivity contribution in [2.75, 3.05) is 0 Å². The molecule has 4 heteroatoms. The summed E-state index contributed by atoms with van der Waals surface area (Å²) < 4.78 is 5.62. The van der Waals surface area contributed by atoms with E-state index in [0.717, 1.165) is 17.2 Å². The average molecular weight is 279 g/mol. The number of nitrogens with zero attached hydrogens (tertiary/aromatic N) is 1. The molecule has 0 saturated carbocycles. The summed E-state index contributed by atoms with van der Waals surface area (Å²) in [5.74, 6) is -0.321. The van der Waals surface area contributed by atoms with Gasteiger partial charge in [0.25, 0.3) is 0 Å². The summed E-state index contributed by atoms with van der Waals surface area (Å²) in [7, 11) is 0. The molecule has 0 radical (unpaired) electrons. The SMILES string of the molecule is N#Cc1ccccc1COc1ccc(/C=C\C(=O)O)cc1. The highest BCUT2D eigenvalue weighted by molar-refractivity contribution is 5.85. The molecule has 0 bridgehead atoms. The normalized spacial score (nSPS) is 10.2. The van der Waals surface area contributed by atoms with E-state index in [1.165, 1.54) is 6.08 Å². The maximum absolute atomic E-state index is 10.4. The van der Waals surface area contributed by atoms with Crippen molar-refractivity contribution in [3.05, 3.63) is 71.3 Å². The van der Waals surface area contributed by atoms with E-state index in [4.69, 9.17) is 15.1 Å². The van der Waals surface area contributed by atoms with Crippen LogP contribution in [0.1, 0.15) is 16.7 Å². The largest absolute Gasteiger partial charge is 0.489 e. The predicted octanol–water partition coefficient (Wildman–Crippen LogP) is 3.24. The lowest BCUT2D eigenvalue weighted by molar-refractivity contribution is -0.131. The van der Waals surface area contributed by atoms with Gasteiger partial charge in [0.1, 0.15) is 12.4 Å². The lowest BCUT2D eigenvalue weighted by atomic mass is 10.1. The summed E-state index contributed by atoms with van der Waals surface area (Å²) in [5, 5.41) is 17.5. The van der Waals surface area contributed by atoms with Crippen molar-refractivity contribution in [3.63, 3.8) is 0 Å². The molecule has 0 unspecified atom stereocenters. The Morgan fingerprint density at radius 1 is 1.19 bits per heavy atom. The van der Waals surface area contributed by atoms with Gasteiger partial charge in [0.15, 0.2) is 0 Å². The van der Waals surface area contributed by atoms with Crippen LogP contribution in [-0.2, 0) is 11.4 Å². The van der Waals surface area contributed by atoms with Gasteiger partial charge in [-0.2, -0.15) is 5.26 Å². The molecular weight excluding hydrogens is 266 g/mol. The summed E-state index contributed by atoms with van der Waals surface area (Å²) in [4.78, 5) is 10.4. The van der Waals surface area contributed by atoms with Crippen LogP contribution < -0.4 is 4.74 Å². The van der Waals surface area contributed by atoms with Crippen LogP contribution in [0.15, 0.2) is 54.6 Å². The number of ether oxygens (including phenoxy) is 1. The van der Waals surface area contributed by atoms with Crippen molar-refractivity contribution >= 4 is 12.0 Å². The molecule has 0 saturated heterocycles. The molecule has 1 N–H and O–H groups in total. The molecule has 0 atom stereocenters. The lowest BCUT2D eigenvalue weighted by Gasteiger charge is -2.07. The zero-order valence-electron chi connectivity index (χ0n) is 11.2. The topological polar surface area (TPSA) is 70.3 Å². The molecule has 0 fully saturated rings. The average Bonchev–Trinajstić information content (AvgIpc) is 2.52. The zero-order valence-corrected chi connectivity index (χ0v) is 11.2. The van der Waals surface area contributed by atoms with Crippen molar-refractivity contribution in [1.29, 1.82) is 5.26 Å². The van der Waals surface area contributed by atoms with Gasteiger partial charge < -0.3 is 9.84 Å². The van der Waals surface area contributed by atoms with Gasteiger partial charge in [0.2, 0.25) is 0 Å². The van der Waals surface area contributed by atoms with Crippen LogP contribution in [0.3, 0.4) is 0 Å². The molecule has 4 nitrogen and oxygen atoms in total. The first-order valence-corrected chi connectivity index (χ1v) is 6.31. The van der Waals surface area contributed by atoms with Crippen molar-refractivity contribution in [2.24, 2.45) is 0 Å². The Kier molecular flexibility index (Phi) is 4.73. The van der Waals surface area contributed by atoms with Crippen molar-refractivity contribution in [3.8, 4) is 11.8 Å². The number of carboxylic acids is 1. The first-order valence-electron chi connectivity index (χ1n) is 6.31. The van der Waals surface area contributed by atoms with Gasteiger partial charge in [-0.05, 0) is 29.8 Å². The Morgan fingerprint density at radius 2 is 1.90 bits per heavy atom. The Hall–Kier alpha value is -3.06. The highest BCUT2D eigenvalue weighted by Gasteiger charge is 2.01. The van der Waals surface area contributed by atoms with E-state index in [-0.39, 0.29) is 0 Å². The van der Waals surface area contributed by atoms with Gasteiger partial charge in [0.05, 0.1) is 11.6 Å². The maximum Gasteiger partial charge on any atom is 0.328 e. The quantitative estimate of drug-likeness (QED) is 0.853. The summed E-state index contributed by atoms with van der Waals surface area (Å²) in [6, 6.07) is 16.5. The number of carboxylic acid groups (broad SMARTS) is 1. The van der Waals surface area contributed by atoms with E-state index < -0.39 is 5.97 Å². The monoisotopic (exact) mass is 279 g/mol. The fourth-order valence-corrected chi connectivity index (χ4v) is 1.76. The van der Waals surface area contributed by atoms with E-state index in [1.807, 2.05) is 18.2 Å². The lowest BCUT2D eigenvalue weighted by Crippen LogP contribution is -1.98. The van der Waals surface area contributed by atoms with Gasteiger partial charge in [-0.3, -0.25) is 0 Å². The molecule has 2 aromatic carbocycles. The van der Waals surface area contributed by atoms with Crippen LogP contribution in [-0.4, -0.2) is 11.1 Å². The van der Waals surface area contributed by atoms with Crippen molar-refractivity contribution in [1.82, 2.24) is 0 Å². The molecule has 21 heavy (non-hydrogen) atoms. The highest BCUT2D eigenvalue weighted by atomic mass is 16.5. The fourth-order valence-electron chi connectivity index (χ4n) is 1.76. The molecule has 0 aliphatic rings. The first kappa shape index (κ1) is 14.4. The van der Waals surface area contributed by atoms with Gasteiger partial charge in [-0.25, -0.2) is 4.79 Å². The minimum atomic E-state index is -0.983. The smallest absolute Gasteiger partial charge is 0.328 e. The van der Waals surface area contributed by atoms with Crippen LogP contribution in [0, 0.1) is 11.3 Å². The highest BCUT2D eigenvalue weighted by Crippen LogP contribution is 2.16. The number of hydrogen-bond acceptors (Lipinski definition) is 3. The van der Waals surface area contributed by atoms with Crippen LogP contribution in [0.25, 0.3) is 6.08 Å². The first-order chi connectivity index (χ1) is 10.2. The van der Waals surface area contributed by atoms with E-state index >= 15 is 0 Å². The molecule has 0 amide bonds. The molecule has 0 spiro atoms. The second-order valence-electron chi connectivity index (χ2n) is 4.30. The number of nitriles is 1. The minimum Gasteiger partial charge on any atom is -0.489 e. The van der Waals surface area contributed by atoms with Crippen molar-refractivity contribution in [2.45, 2.75) is 6.61 Å². The fraction of sp³-hybridized carbons (Fsp3) is 0.0588.